The molecule has 0 aliphatic heterocycles. The van der Waals surface area contributed by atoms with Gasteiger partial charge in [-0.05, 0) is 37.1 Å². The molecule has 1 aromatic heterocycles. The lowest BCUT2D eigenvalue weighted by Gasteiger charge is -2.18. The molecule has 1 aliphatic rings. The van der Waals surface area contributed by atoms with Gasteiger partial charge >= 0.3 is 0 Å². The van der Waals surface area contributed by atoms with Crippen molar-refractivity contribution in [2.24, 2.45) is 0 Å². The summed E-state index contributed by atoms with van der Waals surface area (Å²) in [6.07, 6.45) is 6.15. The minimum Gasteiger partial charge on any atom is -0.497 e. The number of nitrogens with zero attached hydrogens (tertiary/aromatic N) is 2. The number of aromatic nitrogens is 2. The van der Waals surface area contributed by atoms with Gasteiger partial charge in [0, 0.05) is 5.92 Å². The molecule has 1 aliphatic carbocycles. The number of carbonyl (C=O) groups excluding carboxylic acids is 1. The molecule has 7 heteroatoms. The number of carbonyl (C=O) groups is 1. The van der Waals surface area contributed by atoms with Gasteiger partial charge in [-0.25, -0.2) is 0 Å². The van der Waals surface area contributed by atoms with Gasteiger partial charge in [-0.15, -0.1) is 10.2 Å². The van der Waals surface area contributed by atoms with E-state index in [4.69, 9.17) is 9.47 Å². The van der Waals surface area contributed by atoms with Crippen molar-refractivity contribution in [3.63, 3.8) is 0 Å². The fraction of sp³-hybridized carbons (Fsp3) is 0.471. The van der Waals surface area contributed by atoms with Gasteiger partial charge in [0.25, 0.3) is 5.91 Å². The van der Waals surface area contributed by atoms with Gasteiger partial charge in [-0.2, -0.15) is 0 Å². The highest BCUT2D eigenvalue weighted by Crippen LogP contribution is 2.35. The van der Waals surface area contributed by atoms with Crippen molar-refractivity contribution in [1.82, 2.24) is 10.2 Å². The number of methoxy groups -OCH3 is 1. The summed E-state index contributed by atoms with van der Waals surface area (Å²) < 4.78 is 10.5. The molecular formula is C17H21N3O3S. The third-order valence-corrected chi connectivity index (χ3v) is 5.07. The molecule has 1 fully saturated rings. The summed E-state index contributed by atoms with van der Waals surface area (Å²) in [5, 5.41) is 12.6. The average Bonchev–Trinajstić information content (AvgIpc) is 3.09. The summed E-state index contributed by atoms with van der Waals surface area (Å²) >= 11 is 1.47. The zero-order chi connectivity index (χ0) is 16.8. The van der Waals surface area contributed by atoms with E-state index < -0.39 is 0 Å². The number of anilines is 1. The van der Waals surface area contributed by atoms with Crippen LogP contribution in [0.2, 0.25) is 0 Å². The van der Waals surface area contributed by atoms with Crippen LogP contribution in [0.15, 0.2) is 24.3 Å². The lowest BCUT2D eigenvalue weighted by Crippen LogP contribution is -2.20. The van der Waals surface area contributed by atoms with Gasteiger partial charge in [0.15, 0.2) is 6.61 Å². The summed E-state index contributed by atoms with van der Waals surface area (Å²) in [5.41, 5.74) is 0. The van der Waals surface area contributed by atoms with Crippen molar-refractivity contribution in [3.8, 4) is 11.5 Å². The molecule has 6 nitrogen and oxygen atoms in total. The molecular weight excluding hydrogens is 326 g/mol. The number of hydrogen-bond acceptors (Lipinski definition) is 6. The number of hydrogen-bond donors (Lipinski definition) is 1. The van der Waals surface area contributed by atoms with E-state index in [0.717, 1.165) is 10.8 Å². The molecule has 1 N–H and O–H groups in total. The highest BCUT2D eigenvalue weighted by molar-refractivity contribution is 7.15. The predicted octanol–water partition coefficient (Wildman–Crippen LogP) is 3.61. The lowest BCUT2D eigenvalue weighted by atomic mass is 9.90. The molecule has 3 rings (SSSR count). The molecule has 0 bridgehead atoms. The maximum Gasteiger partial charge on any atom is 0.264 e. The Morgan fingerprint density at radius 1 is 1.17 bits per heavy atom. The first-order valence-corrected chi connectivity index (χ1v) is 8.96. The smallest absolute Gasteiger partial charge is 0.264 e. The van der Waals surface area contributed by atoms with Crippen LogP contribution in [0.5, 0.6) is 11.5 Å². The molecule has 0 radical (unpaired) electrons. The van der Waals surface area contributed by atoms with Crippen LogP contribution in [0, 0.1) is 0 Å². The summed E-state index contributed by atoms with van der Waals surface area (Å²) in [5.74, 6) is 1.62. The van der Waals surface area contributed by atoms with Crippen LogP contribution in [-0.4, -0.2) is 29.8 Å². The second-order valence-electron chi connectivity index (χ2n) is 5.79. The number of nitrogens with one attached hydrogen (secondary N) is 1. The molecule has 24 heavy (non-hydrogen) atoms. The molecule has 1 saturated carbocycles. The van der Waals surface area contributed by atoms with Crippen LogP contribution < -0.4 is 14.8 Å². The fourth-order valence-electron chi connectivity index (χ4n) is 2.78. The van der Waals surface area contributed by atoms with Crippen molar-refractivity contribution < 1.29 is 14.3 Å². The number of amides is 1. The van der Waals surface area contributed by atoms with Crippen LogP contribution in [0.1, 0.15) is 43.0 Å². The van der Waals surface area contributed by atoms with Crippen molar-refractivity contribution in [3.05, 3.63) is 29.3 Å². The van der Waals surface area contributed by atoms with Crippen molar-refractivity contribution >= 4 is 22.4 Å². The molecule has 0 atom stereocenters. The average molecular weight is 347 g/mol. The standard InChI is InChI=1S/C17H21N3O3S/c1-22-13-7-9-14(10-8-13)23-11-15(21)18-17-20-19-16(24-17)12-5-3-2-4-6-12/h7-10,12H,2-6,11H2,1H3,(H,18,20,21). The predicted molar refractivity (Wildman–Crippen MR) is 92.9 cm³/mol. The molecule has 2 aromatic rings. The molecule has 0 unspecified atom stereocenters. The Labute approximate surface area is 145 Å². The zero-order valence-corrected chi connectivity index (χ0v) is 14.5. The summed E-state index contributed by atoms with van der Waals surface area (Å²) in [6, 6.07) is 7.10. The van der Waals surface area contributed by atoms with Crippen LogP contribution in [0.4, 0.5) is 5.13 Å². The van der Waals surface area contributed by atoms with Crippen molar-refractivity contribution in [1.29, 1.82) is 0 Å². The first kappa shape index (κ1) is 16.7. The SMILES string of the molecule is COc1ccc(OCC(=O)Nc2nnc(C3CCCCC3)s2)cc1. The van der Waals surface area contributed by atoms with Crippen LogP contribution in [0.25, 0.3) is 0 Å². The molecule has 1 amide bonds. The van der Waals surface area contributed by atoms with E-state index in [1.54, 1.807) is 31.4 Å². The minimum absolute atomic E-state index is 0.0648. The van der Waals surface area contributed by atoms with Gasteiger partial charge in [0.05, 0.1) is 7.11 Å². The molecule has 0 saturated heterocycles. The van der Waals surface area contributed by atoms with E-state index in [9.17, 15) is 4.79 Å². The first-order valence-electron chi connectivity index (χ1n) is 8.14. The second-order valence-corrected chi connectivity index (χ2v) is 6.80. The van der Waals surface area contributed by atoms with Crippen molar-refractivity contribution in [2.75, 3.05) is 19.0 Å². The maximum atomic E-state index is 12.0. The van der Waals surface area contributed by atoms with E-state index in [1.165, 1.54) is 43.4 Å². The normalized spacial score (nSPS) is 15.0. The van der Waals surface area contributed by atoms with E-state index in [-0.39, 0.29) is 12.5 Å². The molecule has 0 spiro atoms. The highest BCUT2D eigenvalue weighted by Gasteiger charge is 2.20. The van der Waals surface area contributed by atoms with Gasteiger partial charge in [-0.3, -0.25) is 10.1 Å². The summed E-state index contributed by atoms with van der Waals surface area (Å²) in [6.45, 7) is -0.0648. The topological polar surface area (TPSA) is 73.3 Å². The Bertz CT molecular complexity index is 666. The summed E-state index contributed by atoms with van der Waals surface area (Å²) in [7, 11) is 1.60. The Morgan fingerprint density at radius 3 is 2.58 bits per heavy atom. The lowest BCUT2D eigenvalue weighted by molar-refractivity contribution is -0.118. The Kier molecular flexibility index (Phi) is 5.63. The van der Waals surface area contributed by atoms with Crippen LogP contribution in [0.3, 0.4) is 0 Å². The van der Waals surface area contributed by atoms with Crippen LogP contribution >= 0.6 is 11.3 Å². The quantitative estimate of drug-likeness (QED) is 0.864. The summed E-state index contributed by atoms with van der Waals surface area (Å²) in [4.78, 5) is 12.0. The number of benzene rings is 1. The minimum atomic E-state index is -0.239. The number of ether oxygens (including phenoxy) is 2. The zero-order valence-electron chi connectivity index (χ0n) is 13.7. The Hall–Kier alpha value is -2.15. The van der Waals surface area contributed by atoms with Gasteiger partial charge in [-0.1, -0.05) is 30.6 Å². The van der Waals surface area contributed by atoms with Crippen LogP contribution in [-0.2, 0) is 4.79 Å². The van der Waals surface area contributed by atoms with E-state index in [2.05, 4.69) is 15.5 Å². The van der Waals surface area contributed by atoms with Gasteiger partial charge < -0.3 is 9.47 Å². The van der Waals surface area contributed by atoms with Crippen molar-refractivity contribution in [2.45, 2.75) is 38.0 Å². The third kappa shape index (κ3) is 4.44. The van der Waals surface area contributed by atoms with Gasteiger partial charge in [0.2, 0.25) is 5.13 Å². The highest BCUT2D eigenvalue weighted by atomic mass is 32.1. The largest absolute Gasteiger partial charge is 0.497 e. The van der Waals surface area contributed by atoms with E-state index >= 15 is 0 Å². The fourth-order valence-corrected chi connectivity index (χ4v) is 3.70. The Balaban J connectivity index is 1.48. The third-order valence-electron chi connectivity index (χ3n) is 4.07. The molecule has 128 valence electrons. The molecule has 1 aromatic carbocycles. The number of rotatable bonds is 6. The van der Waals surface area contributed by atoms with E-state index in [1.807, 2.05) is 0 Å². The van der Waals surface area contributed by atoms with Gasteiger partial charge in [0.1, 0.15) is 16.5 Å². The van der Waals surface area contributed by atoms with E-state index in [0.29, 0.717) is 16.8 Å². The monoisotopic (exact) mass is 347 g/mol. The Morgan fingerprint density at radius 2 is 1.88 bits per heavy atom. The second kappa shape index (κ2) is 8.10. The maximum absolute atomic E-state index is 12.0. The first-order chi connectivity index (χ1) is 11.7. The molecule has 1 heterocycles.